The highest BCUT2D eigenvalue weighted by Crippen LogP contribution is 2.36. The zero-order chi connectivity index (χ0) is 18.7. The summed E-state index contributed by atoms with van der Waals surface area (Å²) in [5.41, 5.74) is 1.01. The molecule has 0 radical (unpaired) electrons. The van der Waals surface area contributed by atoms with Gasteiger partial charge in [0.15, 0.2) is 0 Å². The van der Waals surface area contributed by atoms with Crippen molar-refractivity contribution < 1.29 is 0 Å². The van der Waals surface area contributed by atoms with Gasteiger partial charge in [-0.2, -0.15) is 0 Å². The van der Waals surface area contributed by atoms with E-state index in [1.54, 1.807) is 11.8 Å². The van der Waals surface area contributed by atoms with Crippen molar-refractivity contribution in [2.45, 2.75) is 27.7 Å². The van der Waals surface area contributed by atoms with Crippen molar-refractivity contribution >= 4 is 46.0 Å². The van der Waals surface area contributed by atoms with Crippen LogP contribution in [0.2, 0.25) is 0 Å². The van der Waals surface area contributed by atoms with Gasteiger partial charge in [-0.05, 0) is 42.2 Å². The Labute approximate surface area is 175 Å². The fourth-order valence-corrected chi connectivity index (χ4v) is 6.19. The average molecular weight is 410 g/mol. The predicted molar refractivity (Wildman–Crippen MR) is 125 cm³/mol. The molecule has 138 valence electrons. The smallest absolute Gasteiger partial charge is 0.0805 e. The Hall–Kier alpha value is -1.62. The van der Waals surface area contributed by atoms with E-state index < -0.39 is 0 Å². The summed E-state index contributed by atoms with van der Waals surface area (Å²) in [6.07, 6.45) is 0.937. The number of thioether (sulfide) groups is 3. The van der Waals surface area contributed by atoms with Crippen LogP contribution < -0.4 is 0 Å². The molecule has 3 rings (SSSR count). The van der Waals surface area contributed by atoms with E-state index in [0.717, 1.165) is 22.9 Å². The molecule has 0 N–H and O–H groups in total. The van der Waals surface area contributed by atoms with Gasteiger partial charge < -0.3 is 0 Å². The van der Waals surface area contributed by atoms with Gasteiger partial charge in [0.1, 0.15) is 0 Å². The van der Waals surface area contributed by atoms with Gasteiger partial charge in [0.05, 0.1) is 15.3 Å². The zero-order valence-electron chi connectivity index (χ0n) is 15.3. The van der Waals surface area contributed by atoms with Crippen LogP contribution in [0.5, 0.6) is 0 Å². The average Bonchev–Trinajstić information content (AvgIpc) is 2.70. The van der Waals surface area contributed by atoms with Crippen LogP contribution >= 0.6 is 35.3 Å². The normalized spacial score (nSPS) is 12.7. The quantitative estimate of drug-likeness (QED) is 0.163. The van der Waals surface area contributed by atoms with Crippen molar-refractivity contribution in [1.82, 2.24) is 0 Å². The number of hydrogen-bond donors (Lipinski definition) is 0. The summed E-state index contributed by atoms with van der Waals surface area (Å²) in [5.74, 6) is 1.10. The number of benzene rings is 3. The van der Waals surface area contributed by atoms with Gasteiger partial charge in [-0.1, -0.05) is 73.3 Å². The highest BCUT2D eigenvalue weighted by molar-refractivity contribution is 8.17. The maximum atomic E-state index is 4.97. The lowest BCUT2D eigenvalue weighted by molar-refractivity contribution is 1.23. The molecule has 0 spiro atoms. The Bertz CT molecular complexity index is 820. The van der Waals surface area contributed by atoms with Crippen molar-refractivity contribution in [1.29, 1.82) is 0 Å². The summed E-state index contributed by atoms with van der Waals surface area (Å²) >= 11 is 5.69. The second-order valence-corrected chi connectivity index (χ2v) is 9.98. The molecule has 0 saturated heterocycles. The largest absolute Gasteiger partial charge is 0.246 e. The first-order chi connectivity index (χ1) is 13.3. The molecule has 0 heterocycles. The molecule has 27 heavy (non-hydrogen) atoms. The molecule has 0 bridgehead atoms. The van der Waals surface area contributed by atoms with Gasteiger partial charge in [0.2, 0.25) is 0 Å². The molecule has 0 amide bonds. The van der Waals surface area contributed by atoms with Crippen molar-refractivity contribution in [3.63, 3.8) is 0 Å². The van der Waals surface area contributed by atoms with Crippen LogP contribution in [-0.4, -0.2) is 15.4 Å². The van der Waals surface area contributed by atoms with Gasteiger partial charge in [-0.3, -0.25) is 0 Å². The first-order valence-electron chi connectivity index (χ1n) is 9.02. The zero-order valence-corrected chi connectivity index (χ0v) is 17.8. The topological polar surface area (TPSA) is 12.4 Å². The summed E-state index contributed by atoms with van der Waals surface area (Å²) < 4.78 is 0.441. The molecule has 0 aliphatic heterocycles. The van der Waals surface area contributed by atoms with E-state index in [9.17, 15) is 0 Å². The van der Waals surface area contributed by atoms with E-state index in [1.165, 1.54) is 9.79 Å². The molecule has 1 unspecified atom stereocenters. The first kappa shape index (κ1) is 20.1. The summed E-state index contributed by atoms with van der Waals surface area (Å²) in [5, 5.41) is 1.15. The van der Waals surface area contributed by atoms with Crippen LogP contribution in [0.1, 0.15) is 13.3 Å². The molecular weight excluding hydrogens is 386 g/mol. The van der Waals surface area contributed by atoms with Crippen molar-refractivity contribution in [2.75, 3.05) is 5.75 Å². The van der Waals surface area contributed by atoms with E-state index in [0.29, 0.717) is 4.58 Å². The molecule has 0 aliphatic carbocycles. The second-order valence-electron chi connectivity index (χ2n) is 5.78. The number of aliphatic imine (C=N–C) groups is 1. The molecule has 1 atom stereocenters. The molecule has 0 aliphatic rings. The standard InChI is InChI=1S/C23H23NS3/c1-2-25-23(27-21-16-10-5-11-17-21)18-22(24-19-12-6-3-7-13-19)26-20-14-8-4-9-15-20/h3-17,23H,2,18H2,1H3. The fraction of sp³-hybridized carbons (Fsp3) is 0.174. The van der Waals surface area contributed by atoms with Gasteiger partial charge in [0.25, 0.3) is 0 Å². The van der Waals surface area contributed by atoms with Crippen LogP contribution in [0.4, 0.5) is 5.69 Å². The molecule has 0 fully saturated rings. The van der Waals surface area contributed by atoms with Crippen molar-refractivity contribution in [3.05, 3.63) is 91.0 Å². The Kier molecular flexibility index (Phi) is 8.40. The third-order valence-corrected chi connectivity index (χ3v) is 7.24. The third-order valence-electron chi connectivity index (χ3n) is 3.69. The highest BCUT2D eigenvalue weighted by Gasteiger charge is 2.15. The Balaban J connectivity index is 1.80. The lowest BCUT2D eigenvalue weighted by Crippen LogP contribution is -2.05. The van der Waals surface area contributed by atoms with E-state index in [4.69, 9.17) is 4.99 Å². The van der Waals surface area contributed by atoms with E-state index >= 15 is 0 Å². The van der Waals surface area contributed by atoms with Gasteiger partial charge in [-0.25, -0.2) is 4.99 Å². The van der Waals surface area contributed by atoms with Crippen LogP contribution in [0, 0.1) is 0 Å². The minimum absolute atomic E-state index is 0.441. The monoisotopic (exact) mass is 409 g/mol. The number of nitrogens with zero attached hydrogens (tertiary/aromatic N) is 1. The summed E-state index contributed by atoms with van der Waals surface area (Å²) in [6.45, 7) is 2.22. The number of para-hydroxylation sites is 1. The molecular formula is C23H23NS3. The van der Waals surface area contributed by atoms with Crippen molar-refractivity contribution in [2.24, 2.45) is 4.99 Å². The maximum Gasteiger partial charge on any atom is 0.0805 e. The Morgan fingerprint density at radius 2 is 1.33 bits per heavy atom. The fourth-order valence-electron chi connectivity index (χ4n) is 2.50. The van der Waals surface area contributed by atoms with E-state index in [2.05, 4.69) is 79.7 Å². The predicted octanol–water partition coefficient (Wildman–Crippen LogP) is 7.77. The number of hydrogen-bond acceptors (Lipinski definition) is 4. The van der Waals surface area contributed by atoms with Gasteiger partial charge >= 0.3 is 0 Å². The summed E-state index contributed by atoms with van der Waals surface area (Å²) in [4.78, 5) is 7.52. The lowest BCUT2D eigenvalue weighted by Gasteiger charge is -2.17. The molecule has 3 aromatic carbocycles. The Morgan fingerprint density at radius 3 is 1.93 bits per heavy atom. The minimum atomic E-state index is 0.441. The second kappa shape index (κ2) is 11.3. The van der Waals surface area contributed by atoms with Gasteiger partial charge in [0, 0.05) is 16.2 Å². The van der Waals surface area contributed by atoms with Crippen LogP contribution in [-0.2, 0) is 0 Å². The maximum absolute atomic E-state index is 4.97. The third kappa shape index (κ3) is 7.13. The van der Waals surface area contributed by atoms with Crippen LogP contribution in [0.15, 0.2) is 106 Å². The molecule has 3 aromatic rings. The lowest BCUT2D eigenvalue weighted by atomic mass is 10.3. The van der Waals surface area contributed by atoms with E-state index in [-0.39, 0.29) is 0 Å². The molecule has 0 saturated carbocycles. The van der Waals surface area contributed by atoms with Crippen LogP contribution in [0.3, 0.4) is 0 Å². The first-order valence-corrected chi connectivity index (χ1v) is 11.8. The summed E-state index contributed by atoms with van der Waals surface area (Å²) in [6, 6.07) is 31.4. The summed E-state index contributed by atoms with van der Waals surface area (Å²) in [7, 11) is 0. The molecule has 4 heteroatoms. The molecule has 1 nitrogen and oxygen atoms in total. The van der Waals surface area contributed by atoms with Crippen molar-refractivity contribution in [3.8, 4) is 0 Å². The van der Waals surface area contributed by atoms with E-state index in [1.807, 2.05) is 41.7 Å². The SMILES string of the molecule is CCSC(CC(=Nc1ccccc1)Sc1ccccc1)Sc1ccccc1. The van der Waals surface area contributed by atoms with Crippen LogP contribution in [0.25, 0.3) is 0 Å². The number of rotatable bonds is 8. The molecule has 0 aromatic heterocycles. The minimum Gasteiger partial charge on any atom is -0.246 e. The Morgan fingerprint density at radius 1 is 0.778 bits per heavy atom. The highest BCUT2D eigenvalue weighted by atomic mass is 32.2. The van der Waals surface area contributed by atoms with Gasteiger partial charge in [-0.15, -0.1) is 23.5 Å².